The van der Waals surface area contributed by atoms with Crippen molar-refractivity contribution in [3.8, 4) is 11.6 Å². The standard InChI is InChI=1S/C23H26N6O2/c1-4-17-16-10-18(20(11-16)31-21-6-5-14(2)12-24-21)28(17)23(30)22-19(9-15(3)13-25-22)29-26-7-8-27-29/h5-9,12-13,16-18,20H,4,10-11H2,1-3H3. The molecule has 8 heteroatoms. The van der Waals surface area contributed by atoms with Crippen molar-refractivity contribution in [2.75, 3.05) is 0 Å². The maximum Gasteiger partial charge on any atom is 0.275 e. The fraction of sp³-hybridized carbons (Fsp3) is 0.435. The van der Waals surface area contributed by atoms with Gasteiger partial charge in [-0.1, -0.05) is 13.0 Å². The zero-order chi connectivity index (χ0) is 21.5. The van der Waals surface area contributed by atoms with Gasteiger partial charge in [0.1, 0.15) is 11.8 Å². The molecule has 1 amide bonds. The molecule has 0 aromatic carbocycles. The van der Waals surface area contributed by atoms with Gasteiger partial charge in [-0.25, -0.2) is 9.97 Å². The third kappa shape index (κ3) is 3.45. The second-order valence-corrected chi connectivity index (χ2v) is 8.52. The van der Waals surface area contributed by atoms with Crippen molar-refractivity contribution in [3.63, 3.8) is 0 Å². The molecule has 4 heterocycles. The number of aryl methyl sites for hydroxylation is 2. The molecule has 160 valence electrons. The van der Waals surface area contributed by atoms with Crippen LogP contribution in [0.4, 0.5) is 0 Å². The first kappa shape index (κ1) is 19.7. The van der Waals surface area contributed by atoms with E-state index in [-0.39, 0.29) is 24.1 Å². The van der Waals surface area contributed by atoms with Crippen molar-refractivity contribution in [2.24, 2.45) is 5.92 Å². The molecule has 3 aromatic heterocycles. The van der Waals surface area contributed by atoms with Gasteiger partial charge in [0.05, 0.1) is 18.4 Å². The molecule has 2 fully saturated rings. The Morgan fingerprint density at radius 3 is 2.58 bits per heavy atom. The number of carbonyl (C=O) groups is 1. The normalized spacial score (nSPS) is 24.5. The highest BCUT2D eigenvalue weighted by Crippen LogP contribution is 2.45. The zero-order valence-corrected chi connectivity index (χ0v) is 18.0. The van der Waals surface area contributed by atoms with Crippen LogP contribution in [-0.4, -0.2) is 54.0 Å². The number of amides is 1. The van der Waals surface area contributed by atoms with Crippen molar-refractivity contribution < 1.29 is 9.53 Å². The SMILES string of the molecule is CCC1C2CC(Oc3ccc(C)cn3)C(C2)N1C(=O)c1ncc(C)cc1-n1nccn1. The molecule has 4 atom stereocenters. The molecule has 2 aliphatic rings. The summed E-state index contributed by atoms with van der Waals surface area (Å²) in [4.78, 5) is 26.2. The molecule has 5 rings (SSSR count). The number of hydrogen-bond acceptors (Lipinski definition) is 6. The van der Waals surface area contributed by atoms with Gasteiger partial charge in [0.15, 0.2) is 5.69 Å². The molecule has 31 heavy (non-hydrogen) atoms. The predicted molar refractivity (Wildman–Crippen MR) is 114 cm³/mol. The molecule has 8 nitrogen and oxygen atoms in total. The highest BCUT2D eigenvalue weighted by Gasteiger charge is 2.54. The van der Waals surface area contributed by atoms with Gasteiger partial charge >= 0.3 is 0 Å². The fourth-order valence-corrected chi connectivity index (χ4v) is 5.06. The van der Waals surface area contributed by atoms with Crippen LogP contribution in [0.2, 0.25) is 0 Å². The van der Waals surface area contributed by atoms with E-state index >= 15 is 0 Å². The Labute approximate surface area is 181 Å². The van der Waals surface area contributed by atoms with Crippen LogP contribution >= 0.6 is 0 Å². The Morgan fingerprint density at radius 1 is 1.10 bits per heavy atom. The molecular weight excluding hydrogens is 392 g/mol. The number of rotatable bonds is 5. The van der Waals surface area contributed by atoms with E-state index in [0.29, 0.717) is 23.2 Å². The van der Waals surface area contributed by atoms with Crippen LogP contribution < -0.4 is 4.74 Å². The molecule has 4 unspecified atom stereocenters. The molecule has 0 N–H and O–H groups in total. The minimum atomic E-state index is -0.0863. The van der Waals surface area contributed by atoms with Crippen LogP contribution in [-0.2, 0) is 0 Å². The summed E-state index contributed by atoms with van der Waals surface area (Å²) in [6, 6.07) is 5.98. The van der Waals surface area contributed by atoms with Crippen LogP contribution in [0, 0.1) is 19.8 Å². The van der Waals surface area contributed by atoms with Gasteiger partial charge in [-0.3, -0.25) is 4.79 Å². The lowest BCUT2D eigenvalue weighted by atomic mass is 9.95. The number of carbonyl (C=O) groups excluding carboxylic acids is 1. The van der Waals surface area contributed by atoms with E-state index in [1.54, 1.807) is 24.8 Å². The number of hydrogen-bond donors (Lipinski definition) is 0. The highest BCUT2D eigenvalue weighted by molar-refractivity contribution is 5.96. The summed E-state index contributed by atoms with van der Waals surface area (Å²) in [6.45, 7) is 6.09. The van der Waals surface area contributed by atoms with Crippen molar-refractivity contribution in [1.29, 1.82) is 0 Å². The molecule has 1 aliphatic carbocycles. The van der Waals surface area contributed by atoms with Gasteiger partial charge in [0, 0.05) is 24.5 Å². The maximum atomic E-state index is 13.8. The molecule has 3 aromatic rings. The first-order valence-corrected chi connectivity index (χ1v) is 10.8. The Balaban J connectivity index is 1.46. The van der Waals surface area contributed by atoms with Crippen molar-refractivity contribution >= 4 is 5.91 Å². The number of fused-ring (bicyclic) bond motifs is 2. The quantitative estimate of drug-likeness (QED) is 0.633. The van der Waals surface area contributed by atoms with E-state index in [2.05, 4.69) is 27.1 Å². The number of piperidine rings is 1. The summed E-state index contributed by atoms with van der Waals surface area (Å²) in [5.74, 6) is 0.946. The maximum absolute atomic E-state index is 13.8. The summed E-state index contributed by atoms with van der Waals surface area (Å²) in [5.41, 5.74) is 3.02. The number of pyridine rings is 2. The molecule has 0 spiro atoms. The summed E-state index contributed by atoms with van der Waals surface area (Å²) >= 11 is 0. The van der Waals surface area contributed by atoms with Gasteiger partial charge in [-0.2, -0.15) is 10.2 Å². The predicted octanol–water partition coefficient (Wildman–Crippen LogP) is 3.13. The fourth-order valence-electron chi connectivity index (χ4n) is 5.06. The van der Waals surface area contributed by atoms with Crippen LogP contribution in [0.25, 0.3) is 5.69 Å². The molecular formula is C23H26N6O2. The smallest absolute Gasteiger partial charge is 0.275 e. The summed E-state index contributed by atoms with van der Waals surface area (Å²) in [6.07, 6.45) is 9.45. The Bertz CT molecular complexity index is 1080. The summed E-state index contributed by atoms with van der Waals surface area (Å²) < 4.78 is 6.24. The minimum absolute atomic E-state index is 0.00656. The first-order chi connectivity index (χ1) is 15.0. The van der Waals surface area contributed by atoms with Crippen molar-refractivity contribution in [2.45, 2.75) is 58.2 Å². The van der Waals surface area contributed by atoms with Gasteiger partial charge in [-0.05, 0) is 56.2 Å². The minimum Gasteiger partial charge on any atom is -0.472 e. The Hall–Kier alpha value is -3.29. The largest absolute Gasteiger partial charge is 0.472 e. The number of aromatic nitrogens is 5. The summed E-state index contributed by atoms with van der Waals surface area (Å²) in [7, 11) is 0. The third-order valence-corrected chi connectivity index (χ3v) is 6.42. The van der Waals surface area contributed by atoms with Crippen LogP contribution in [0.5, 0.6) is 5.88 Å². The number of likely N-dealkylation sites (tertiary alicyclic amines) is 1. The van der Waals surface area contributed by atoms with Crippen LogP contribution in [0.3, 0.4) is 0 Å². The zero-order valence-electron chi connectivity index (χ0n) is 18.0. The Kier molecular flexibility index (Phi) is 4.92. The molecule has 1 saturated carbocycles. The van der Waals surface area contributed by atoms with E-state index < -0.39 is 0 Å². The van der Waals surface area contributed by atoms with E-state index in [4.69, 9.17) is 4.74 Å². The molecule has 1 saturated heterocycles. The van der Waals surface area contributed by atoms with Crippen LogP contribution in [0.1, 0.15) is 47.8 Å². The lowest BCUT2D eigenvalue weighted by molar-refractivity contribution is 0.0267. The van der Waals surface area contributed by atoms with E-state index in [9.17, 15) is 4.79 Å². The number of nitrogens with zero attached hydrogens (tertiary/aromatic N) is 6. The Morgan fingerprint density at radius 2 is 1.87 bits per heavy atom. The van der Waals surface area contributed by atoms with Crippen molar-refractivity contribution in [3.05, 3.63) is 59.8 Å². The van der Waals surface area contributed by atoms with Gasteiger partial charge in [0.2, 0.25) is 5.88 Å². The molecule has 1 aliphatic heterocycles. The van der Waals surface area contributed by atoms with Crippen molar-refractivity contribution in [1.82, 2.24) is 29.9 Å². The van der Waals surface area contributed by atoms with E-state index in [0.717, 1.165) is 30.4 Å². The second kappa shape index (κ2) is 7.76. The number of ether oxygens (including phenoxy) is 1. The van der Waals surface area contributed by atoms with Gasteiger partial charge < -0.3 is 9.64 Å². The first-order valence-electron chi connectivity index (χ1n) is 10.8. The summed E-state index contributed by atoms with van der Waals surface area (Å²) in [5, 5.41) is 8.45. The average molecular weight is 419 g/mol. The van der Waals surface area contributed by atoms with Gasteiger partial charge in [0.25, 0.3) is 5.91 Å². The van der Waals surface area contributed by atoms with Crippen LogP contribution in [0.15, 0.2) is 43.0 Å². The lowest BCUT2D eigenvalue weighted by Gasteiger charge is -2.39. The van der Waals surface area contributed by atoms with E-state index in [1.165, 1.54) is 4.80 Å². The monoisotopic (exact) mass is 418 g/mol. The molecule has 0 radical (unpaired) electrons. The average Bonchev–Trinajstić information content (AvgIpc) is 3.51. The molecule has 2 bridgehead atoms. The topological polar surface area (TPSA) is 86.0 Å². The third-order valence-electron chi connectivity index (χ3n) is 6.42. The van der Waals surface area contributed by atoms with Gasteiger partial charge in [-0.15, -0.1) is 4.80 Å². The highest BCUT2D eigenvalue weighted by atomic mass is 16.5. The second-order valence-electron chi connectivity index (χ2n) is 8.52. The van der Waals surface area contributed by atoms with E-state index in [1.807, 2.05) is 36.9 Å². The lowest BCUT2D eigenvalue weighted by Crippen LogP contribution is -2.52.